The molecular weight excluding hydrogens is 480 g/mol. The van der Waals surface area contributed by atoms with Crippen molar-refractivity contribution in [2.24, 2.45) is 0 Å². The maximum absolute atomic E-state index is 11.5. The smallest absolute Gasteiger partial charge is 0.385 e. The first kappa shape index (κ1) is 30.9. The van der Waals surface area contributed by atoms with Crippen LogP contribution in [0.15, 0.2) is 61.2 Å². The Morgan fingerprint density at radius 3 is 2.03 bits per heavy atom. The van der Waals surface area contributed by atoms with E-state index in [2.05, 4.69) is 50.1 Å². The molecule has 0 radical (unpaired) electrons. The molecule has 1 amide bonds. The number of carbonyl (C=O) groups is 1. The summed E-state index contributed by atoms with van der Waals surface area (Å²) in [5.41, 5.74) is 3.99. The van der Waals surface area contributed by atoms with Gasteiger partial charge >= 0.3 is 8.80 Å². The summed E-state index contributed by atoms with van der Waals surface area (Å²) >= 11 is 0. The zero-order valence-electron chi connectivity index (χ0n) is 21.3. The maximum atomic E-state index is 11.5. The van der Waals surface area contributed by atoms with Crippen molar-refractivity contribution in [2.75, 3.05) is 37.0 Å². The Morgan fingerprint density at radius 1 is 0.914 bits per heavy atom. The predicted molar refractivity (Wildman–Crippen MR) is 150 cm³/mol. The number of benzene rings is 2. The van der Waals surface area contributed by atoms with Crippen molar-refractivity contribution in [2.45, 2.75) is 52.5 Å². The molecule has 8 heteroatoms. The van der Waals surface area contributed by atoms with Gasteiger partial charge in [-0.1, -0.05) is 57.7 Å². The number of rotatable bonds is 17. The summed E-state index contributed by atoms with van der Waals surface area (Å²) in [5, 5.41) is 6.36. The standard InChI is InChI=1S/C27H40N2O4Si.ClH/c1-5-19-31-34(32-20-6-2,33-21-7-3)22-11-18-28-26-13-10-9-12-25(26)23-14-16-24(17-15-23)29-27(30)8-4;/h8-10,12-17,28H,4-7,11,18-22H2,1-3H3,(H,29,30);1H. The number of hydrogen-bond acceptors (Lipinski definition) is 5. The van der Waals surface area contributed by atoms with Crippen molar-refractivity contribution in [1.82, 2.24) is 0 Å². The van der Waals surface area contributed by atoms with E-state index in [9.17, 15) is 4.79 Å². The highest BCUT2D eigenvalue weighted by atomic mass is 35.5. The van der Waals surface area contributed by atoms with E-state index >= 15 is 0 Å². The third-order valence-electron chi connectivity index (χ3n) is 5.13. The van der Waals surface area contributed by atoms with E-state index in [1.165, 1.54) is 6.08 Å². The van der Waals surface area contributed by atoms with Gasteiger partial charge in [0.1, 0.15) is 0 Å². The summed E-state index contributed by atoms with van der Waals surface area (Å²) < 4.78 is 18.6. The number of halogens is 1. The molecule has 0 heterocycles. The lowest BCUT2D eigenvalue weighted by Gasteiger charge is -2.29. The maximum Gasteiger partial charge on any atom is 0.501 e. The molecule has 2 aromatic carbocycles. The fraction of sp³-hybridized carbons (Fsp3) is 0.444. The number of amides is 1. The van der Waals surface area contributed by atoms with Crippen LogP contribution in [0.5, 0.6) is 0 Å². The Bertz CT molecular complexity index is 858. The van der Waals surface area contributed by atoms with Gasteiger partial charge in [0.05, 0.1) is 0 Å². The van der Waals surface area contributed by atoms with Crippen LogP contribution < -0.4 is 10.6 Å². The third kappa shape index (κ3) is 10.5. The highest BCUT2D eigenvalue weighted by molar-refractivity contribution is 6.60. The van der Waals surface area contributed by atoms with E-state index in [0.29, 0.717) is 19.8 Å². The minimum Gasteiger partial charge on any atom is -0.385 e. The summed E-state index contributed by atoms with van der Waals surface area (Å²) in [6, 6.07) is 16.8. The van der Waals surface area contributed by atoms with Crippen molar-refractivity contribution in [3.63, 3.8) is 0 Å². The SMILES string of the molecule is C=CC(=O)Nc1ccc(-c2ccccc2NCCC[Si](OCCC)(OCCC)OCCC)cc1.Cl. The molecule has 2 rings (SSSR count). The molecule has 0 atom stereocenters. The second kappa shape index (κ2) is 17.3. The molecule has 0 aromatic heterocycles. The Kier molecular flexibility index (Phi) is 15.3. The zero-order valence-corrected chi connectivity index (χ0v) is 23.1. The predicted octanol–water partition coefficient (Wildman–Crippen LogP) is 6.92. The zero-order chi connectivity index (χ0) is 24.7. The van der Waals surface area contributed by atoms with Gasteiger partial charge in [0, 0.05) is 49.3 Å². The quantitative estimate of drug-likeness (QED) is 0.134. The van der Waals surface area contributed by atoms with Gasteiger partial charge in [0.25, 0.3) is 0 Å². The molecule has 0 aliphatic rings. The minimum absolute atomic E-state index is 0. The normalized spacial score (nSPS) is 10.9. The third-order valence-corrected chi connectivity index (χ3v) is 8.03. The molecule has 0 aliphatic heterocycles. The molecule has 0 unspecified atom stereocenters. The minimum atomic E-state index is -2.68. The van der Waals surface area contributed by atoms with Gasteiger partial charge in [-0.3, -0.25) is 4.79 Å². The number of carbonyl (C=O) groups excluding carboxylic acids is 1. The van der Waals surface area contributed by atoms with E-state index < -0.39 is 8.80 Å². The molecule has 0 bridgehead atoms. The van der Waals surface area contributed by atoms with Gasteiger partial charge in [-0.2, -0.15) is 0 Å². The molecule has 0 aliphatic carbocycles. The number of para-hydroxylation sites is 1. The lowest BCUT2D eigenvalue weighted by molar-refractivity contribution is -0.111. The van der Waals surface area contributed by atoms with Gasteiger partial charge < -0.3 is 23.9 Å². The largest absolute Gasteiger partial charge is 0.501 e. The van der Waals surface area contributed by atoms with E-state index in [1.54, 1.807) is 0 Å². The lowest BCUT2D eigenvalue weighted by Crippen LogP contribution is -2.46. The van der Waals surface area contributed by atoms with Crippen LogP contribution in [-0.4, -0.2) is 41.1 Å². The van der Waals surface area contributed by atoms with Crippen molar-refractivity contribution in [3.05, 3.63) is 61.2 Å². The molecular formula is C27H41ClN2O4Si. The average Bonchev–Trinajstić information content (AvgIpc) is 2.87. The van der Waals surface area contributed by atoms with Gasteiger partial charge in [0.2, 0.25) is 5.91 Å². The molecule has 0 spiro atoms. The van der Waals surface area contributed by atoms with Gasteiger partial charge in [0.15, 0.2) is 0 Å². The molecule has 194 valence electrons. The monoisotopic (exact) mass is 520 g/mol. The molecule has 6 nitrogen and oxygen atoms in total. The van der Waals surface area contributed by atoms with Crippen LogP contribution in [0.1, 0.15) is 46.5 Å². The Labute approximate surface area is 218 Å². The van der Waals surface area contributed by atoms with Crippen molar-refractivity contribution >= 4 is 38.5 Å². The molecule has 0 saturated carbocycles. The van der Waals surface area contributed by atoms with Gasteiger partial charge in [-0.15, -0.1) is 12.4 Å². The Morgan fingerprint density at radius 2 is 1.49 bits per heavy atom. The van der Waals surface area contributed by atoms with E-state index in [0.717, 1.165) is 60.8 Å². The van der Waals surface area contributed by atoms with Crippen LogP contribution in [0.2, 0.25) is 6.04 Å². The van der Waals surface area contributed by atoms with Crippen molar-refractivity contribution < 1.29 is 18.1 Å². The second-order valence-corrected chi connectivity index (χ2v) is 10.8. The second-order valence-electron chi connectivity index (χ2n) is 8.08. The topological polar surface area (TPSA) is 68.8 Å². The summed E-state index contributed by atoms with van der Waals surface area (Å²) in [5.74, 6) is -0.219. The molecule has 2 aromatic rings. The van der Waals surface area contributed by atoms with Gasteiger partial charge in [-0.05, 0) is 55.5 Å². The Hall–Kier alpha value is -2.16. The summed E-state index contributed by atoms with van der Waals surface area (Å²) in [6.45, 7) is 12.6. The van der Waals surface area contributed by atoms with Crippen molar-refractivity contribution in [1.29, 1.82) is 0 Å². The van der Waals surface area contributed by atoms with E-state index in [-0.39, 0.29) is 18.3 Å². The van der Waals surface area contributed by atoms with Crippen LogP contribution in [-0.2, 0) is 18.1 Å². The molecule has 0 saturated heterocycles. The van der Waals surface area contributed by atoms with Crippen LogP contribution in [0.25, 0.3) is 11.1 Å². The number of hydrogen-bond donors (Lipinski definition) is 2. The van der Waals surface area contributed by atoms with Crippen LogP contribution in [0.3, 0.4) is 0 Å². The van der Waals surface area contributed by atoms with Crippen LogP contribution >= 0.6 is 12.4 Å². The Balaban J connectivity index is 0.00000612. The molecule has 0 fully saturated rings. The fourth-order valence-corrected chi connectivity index (χ4v) is 6.30. The highest BCUT2D eigenvalue weighted by Crippen LogP contribution is 2.29. The summed E-state index contributed by atoms with van der Waals surface area (Å²) in [7, 11) is -2.68. The highest BCUT2D eigenvalue weighted by Gasteiger charge is 2.40. The molecule has 35 heavy (non-hydrogen) atoms. The van der Waals surface area contributed by atoms with Crippen LogP contribution in [0, 0.1) is 0 Å². The first-order valence-electron chi connectivity index (χ1n) is 12.4. The summed E-state index contributed by atoms with van der Waals surface area (Å²) in [6.07, 6.45) is 4.99. The van der Waals surface area contributed by atoms with E-state index in [4.69, 9.17) is 13.3 Å². The first-order chi connectivity index (χ1) is 16.6. The fourth-order valence-electron chi connectivity index (χ4n) is 3.46. The first-order valence-corrected chi connectivity index (χ1v) is 14.3. The van der Waals surface area contributed by atoms with Gasteiger partial charge in [-0.25, -0.2) is 0 Å². The summed E-state index contributed by atoms with van der Waals surface area (Å²) in [4.78, 5) is 11.5. The average molecular weight is 521 g/mol. The lowest BCUT2D eigenvalue weighted by atomic mass is 10.0. The van der Waals surface area contributed by atoms with Crippen LogP contribution in [0.4, 0.5) is 11.4 Å². The van der Waals surface area contributed by atoms with E-state index in [1.807, 2.05) is 36.4 Å². The van der Waals surface area contributed by atoms with Crippen molar-refractivity contribution in [3.8, 4) is 11.1 Å². The number of anilines is 2. The number of nitrogens with one attached hydrogen (secondary N) is 2. The molecule has 2 N–H and O–H groups in total.